The van der Waals surface area contributed by atoms with Crippen molar-refractivity contribution < 1.29 is 4.79 Å². The molecule has 2 heteroatoms. The first-order chi connectivity index (χ1) is 9.36. The molecule has 0 radical (unpaired) electrons. The van der Waals surface area contributed by atoms with Gasteiger partial charge in [0, 0.05) is 0 Å². The predicted octanol–water partition coefficient (Wildman–Crippen LogP) is 4.47. The van der Waals surface area contributed by atoms with Crippen molar-refractivity contribution in [1.82, 2.24) is 0 Å². The molecule has 3 aromatic carbocycles. The van der Waals surface area contributed by atoms with Crippen molar-refractivity contribution in [2.24, 2.45) is 4.99 Å². The lowest BCUT2D eigenvalue weighted by molar-refractivity contribution is 0.565. The van der Waals surface area contributed by atoms with Crippen LogP contribution in [0.1, 0.15) is 0 Å². The summed E-state index contributed by atoms with van der Waals surface area (Å²) in [4.78, 5) is 13.8. The van der Waals surface area contributed by atoms with E-state index >= 15 is 0 Å². The molecule has 0 unspecified atom stereocenters. The Morgan fingerprint density at radius 3 is 2.16 bits per heavy atom. The Kier molecular flexibility index (Phi) is 2.93. The van der Waals surface area contributed by atoms with Crippen molar-refractivity contribution >= 4 is 22.5 Å². The zero-order valence-corrected chi connectivity index (χ0v) is 10.2. The second-order valence-corrected chi connectivity index (χ2v) is 4.31. The van der Waals surface area contributed by atoms with Crippen LogP contribution in [0.3, 0.4) is 0 Å². The molecule has 0 N–H and O–H groups in total. The number of aliphatic imine (C=N–C) groups is 1. The molecule has 0 aliphatic carbocycles. The van der Waals surface area contributed by atoms with Gasteiger partial charge in [-0.15, -0.1) is 0 Å². The smallest absolute Gasteiger partial charge is 0.211 e. The normalized spacial score (nSPS) is 10.1. The highest BCUT2D eigenvalue weighted by molar-refractivity contribution is 5.87. The Hall–Kier alpha value is -2.70. The van der Waals surface area contributed by atoms with Crippen LogP contribution in [0.5, 0.6) is 0 Å². The summed E-state index contributed by atoms with van der Waals surface area (Å²) < 4.78 is 0. The van der Waals surface area contributed by atoms with E-state index in [1.807, 2.05) is 36.4 Å². The maximum absolute atomic E-state index is 10.2. The minimum absolute atomic E-state index is 0.625. The zero-order valence-electron chi connectivity index (χ0n) is 10.2. The van der Waals surface area contributed by atoms with E-state index in [1.165, 1.54) is 10.8 Å². The third kappa shape index (κ3) is 2.30. The van der Waals surface area contributed by atoms with Crippen LogP contribution in [0.25, 0.3) is 21.9 Å². The van der Waals surface area contributed by atoms with Crippen LogP contribution < -0.4 is 0 Å². The van der Waals surface area contributed by atoms with E-state index in [-0.39, 0.29) is 0 Å². The number of carbonyl (C=O) groups excluding carboxylic acids is 1. The highest BCUT2D eigenvalue weighted by atomic mass is 16.1. The van der Waals surface area contributed by atoms with Crippen molar-refractivity contribution in [2.75, 3.05) is 0 Å². The van der Waals surface area contributed by atoms with Crippen molar-refractivity contribution in [3.8, 4) is 11.1 Å². The number of nitrogens with zero attached hydrogens (tertiary/aromatic N) is 1. The molecule has 3 rings (SSSR count). The summed E-state index contributed by atoms with van der Waals surface area (Å²) >= 11 is 0. The molecule has 19 heavy (non-hydrogen) atoms. The number of hydrogen-bond donors (Lipinski definition) is 0. The molecule has 90 valence electrons. The average Bonchev–Trinajstić information content (AvgIpc) is 2.48. The van der Waals surface area contributed by atoms with Crippen LogP contribution in [0.4, 0.5) is 5.69 Å². The minimum Gasteiger partial charge on any atom is -0.211 e. The van der Waals surface area contributed by atoms with Crippen LogP contribution in [0.15, 0.2) is 71.7 Å². The topological polar surface area (TPSA) is 29.4 Å². The fourth-order valence-electron chi connectivity index (χ4n) is 2.15. The molecule has 0 saturated heterocycles. The molecule has 3 aromatic rings. The summed E-state index contributed by atoms with van der Waals surface area (Å²) in [5.74, 6) is 0. The quantitative estimate of drug-likeness (QED) is 0.483. The second kappa shape index (κ2) is 4.89. The van der Waals surface area contributed by atoms with Gasteiger partial charge in [-0.2, -0.15) is 4.99 Å². The van der Waals surface area contributed by atoms with Gasteiger partial charge in [-0.25, -0.2) is 4.79 Å². The Bertz CT molecular complexity index is 769. The third-order valence-corrected chi connectivity index (χ3v) is 3.12. The number of rotatable bonds is 2. The highest BCUT2D eigenvalue weighted by Gasteiger charge is 1.99. The van der Waals surface area contributed by atoms with E-state index in [9.17, 15) is 4.79 Å². The van der Waals surface area contributed by atoms with Gasteiger partial charge in [-0.1, -0.05) is 48.5 Å². The highest BCUT2D eigenvalue weighted by Crippen LogP contribution is 2.26. The molecule has 0 aliphatic rings. The molecule has 0 heterocycles. The SMILES string of the molecule is O=C=Nc1ccc(-c2ccc3ccccc3c2)cc1. The third-order valence-electron chi connectivity index (χ3n) is 3.12. The first-order valence-corrected chi connectivity index (χ1v) is 6.04. The monoisotopic (exact) mass is 245 g/mol. The van der Waals surface area contributed by atoms with Crippen molar-refractivity contribution in [2.45, 2.75) is 0 Å². The molecular weight excluding hydrogens is 234 g/mol. The molecule has 0 aliphatic heterocycles. The molecule has 0 aromatic heterocycles. The van der Waals surface area contributed by atoms with E-state index in [0.29, 0.717) is 5.69 Å². The molecular formula is C17H11NO. The van der Waals surface area contributed by atoms with Gasteiger partial charge in [0.15, 0.2) is 0 Å². The standard InChI is InChI=1S/C17H11NO/c19-12-18-17-9-7-14(8-10-17)16-6-5-13-3-1-2-4-15(13)11-16/h1-11H. The Labute approximate surface area is 111 Å². The summed E-state index contributed by atoms with van der Waals surface area (Å²) in [6, 6.07) is 22.2. The molecule has 0 atom stereocenters. The van der Waals surface area contributed by atoms with Gasteiger partial charge in [0.05, 0.1) is 5.69 Å². The van der Waals surface area contributed by atoms with Gasteiger partial charge in [-0.05, 0) is 40.1 Å². The molecule has 0 spiro atoms. The number of hydrogen-bond acceptors (Lipinski definition) is 2. The van der Waals surface area contributed by atoms with Crippen LogP contribution in [-0.4, -0.2) is 6.08 Å². The van der Waals surface area contributed by atoms with Crippen molar-refractivity contribution in [3.05, 3.63) is 66.7 Å². The van der Waals surface area contributed by atoms with Crippen molar-refractivity contribution in [1.29, 1.82) is 0 Å². The van der Waals surface area contributed by atoms with Crippen molar-refractivity contribution in [3.63, 3.8) is 0 Å². The van der Waals surface area contributed by atoms with Gasteiger partial charge in [0.1, 0.15) is 0 Å². The number of benzene rings is 3. The lowest BCUT2D eigenvalue weighted by atomic mass is 10.0. The van der Waals surface area contributed by atoms with Crippen LogP contribution >= 0.6 is 0 Å². The fourth-order valence-corrected chi connectivity index (χ4v) is 2.15. The van der Waals surface area contributed by atoms with Crippen LogP contribution in [0, 0.1) is 0 Å². The number of isocyanates is 1. The second-order valence-electron chi connectivity index (χ2n) is 4.31. The molecule has 0 fully saturated rings. The van der Waals surface area contributed by atoms with E-state index in [4.69, 9.17) is 0 Å². The number of fused-ring (bicyclic) bond motifs is 1. The molecule has 0 saturated carbocycles. The van der Waals surface area contributed by atoms with Gasteiger partial charge in [0.25, 0.3) is 0 Å². The molecule has 0 bridgehead atoms. The molecule has 0 amide bonds. The van der Waals surface area contributed by atoms with E-state index in [2.05, 4.69) is 35.3 Å². The fraction of sp³-hybridized carbons (Fsp3) is 0. The Balaban J connectivity index is 2.05. The summed E-state index contributed by atoms with van der Waals surface area (Å²) in [5, 5.41) is 2.45. The van der Waals surface area contributed by atoms with E-state index in [1.54, 1.807) is 6.08 Å². The zero-order chi connectivity index (χ0) is 13.1. The Morgan fingerprint density at radius 2 is 1.42 bits per heavy atom. The van der Waals surface area contributed by atoms with Gasteiger partial charge in [0.2, 0.25) is 6.08 Å². The van der Waals surface area contributed by atoms with E-state index < -0.39 is 0 Å². The lowest BCUT2D eigenvalue weighted by Gasteiger charge is -2.04. The van der Waals surface area contributed by atoms with Gasteiger partial charge >= 0.3 is 0 Å². The maximum Gasteiger partial charge on any atom is 0.240 e. The van der Waals surface area contributed by atoms with Crippen LogP contribution in [-0.2, 0) is 4.79 Å². The van der Waals surface area contributed by atoms with Gasteiger partial charge in [-0.3, -0.25) is 0 Å². The predicted molar refractivity (Wildman–Crippen MR) is 77.2 cm³/mol. The van der Waals surface area contributed by atoms with Gasteiger partial charge < -0.3 is 0 Å². The summed E-state index contributed by atoms with van der Waals surface area (Å²) in [6.45, 7) is 0. The molecule has 2 nitrogen and oxygen atoms in total. The van der Waals surface area contributed by atoms with Crippen LogP contribution in [0.2, 0.25) is 0 Å². The first-order valence-electron chi connectivity index (χ1n) is 6.04. The Morgan fingerprint density at radius 1 is 0.737 bits per heavy atom. The summed E-state index contributed by atoms with van der Waals surface area (Å²) in [7, 11) is 0. The first kappa shape index (κ1) is 11.4. The minimum atomic E-state index is 0.625. The summed E-state index contributed by atoms with van der Waals surface area (Å²) in [6.07, 6.45) is 1.54. The largest absolute Gasteiger partial charge is 0.240 e. The lowest BCUT2D eigenvalue weighted by Crippen LogP contribution is -1.78. The maximum atomic E-state index is 10.2. The summed E-state index contributed by atoms with van der Waals surface area (Å²) in [5.41, 5.74) is 2.88. The van der Waals surface area contributed by atoms with E-state index in [0.717, 1.165) is 11.1 Å². The average molecular weight is 245 g/mol.